The summed E-state index contributed by atoms with van der Waals surface area (Å²) in [4.78, 5) is 34.0. The normalized spacial score (nSPS) is 14.6. The summed E-state index contributed by atoms with van der Waals surface area (Å²) in [6.07, 6.45) is 0.975. The van der Waals surface area contributed by atoms with E-state index in [-0.39, 0.29) is 11.2 Å². The molecule has 0 N–H and O–H groups in total. The number of aromatic nitrogens is 4. The molecule has 0 radical (unpaired) electrons. The number of rotatable bonds is 5. The van der Waals surface area contributed by atoms with Crippen molar-refractivity contribution < 1.29 is 0 Å². The molecule has 8 heteroatoms. The first kappa shape index (κ1) is 16.8. The minimum Gasteiger partial charge on any atom is -0.341 e. The maximum Gasteiger partial charge on any atom is 0.332 e. The average molecular weight is 334 g/mol. The first-order valence-electron chi connectivity index (χ1n) is 8.63. The van der Waals surface area contributed by atoms with Gasteiger partial charge in [0.25, 0.3) is 5.56 Å². The largest absolute Gasteiger partial charge is 0.341 e. The van der Waals surface area contributed by atoms with Gasteiger partial charge in [-0.2, -0.15) is 4.98 Å². The molecule has 0 aliphatic carbocycles. The number of hydrogen-bond donors (Lipinski definition) is 0. The predicted molar refractivity (Wildman–Crippen MR) is 94.8 cm³/mol. The number of imidazole rings is 1. The minimum atomic E-state index is -0.336. The van der Waals surface area contributed by atoms with Gasteiger partial charge in [-0.15, -0.1) is 0 Å². The number of hydrogen-bond acceptors (Lipinski definition) is 5. The third-order valence-corrected chi connectivity index (χ3v) is 5.00. The monoisotopic (exact) mass is 334 g/mol. The van der Waals surface area contributed by atoms with Crippen molar-refractivity contribution in [3.05, 3.63) is 20.8 Å². The molecule has 24 heavy (non-hydrogen) atoms. The third-order valence-electron chi connectivity index (χ3n) is 5.00. The number of aryl methyl sites for hydroxylation is 2. The van der Waals surface area contributed by atoms with Crippen molar-refractivity contribution in [1.82, 2.24) is 23.6 Å². The summed E-state index contributed by atoms with van der Waals surface area (Å²) in [5.41, 5.74) is 0.407. The molecule has 2 aromatic rings. The maximum absolute atomic E-state index is 12.6. The van der Waals surface area contributed by atoms with E-state index in [2.05, 4.69) is 28.6 Å². The lowest BCUT2D eigenvalue weighted by Crippen LogP contribution is -2.40. The van der Waals surface area contributed by atoms with Crippen LogP contribution in [-0.4, -0.2) is 56.3 Å². The van der Waals surface area contributed by atoms with Crippen molar-refractivity contribution >= 4 is 17.1 Å². The predicted octanol–water partition coefficient (Wildman–Crippen LogP) is -0.0144. The second-order valence-corrected chi connectivity index (χ2v) is 6.31. The van der Waals surface area contributed by atoms with Gasteiger partial charge in [-0.05, 0) is 19.5 Å². The average Bonchev–Trinajstić information content (AvgIpc) is 2.99. The molecule has 2 aromatic heterocycles. The molecule has 0 bridgehead atoms. The molecule has 0 amide bonds. The summed E-state index contributed by atoms with van der Waals surface area (Å²) in [5, 5.41) is 0. The molecule has 0 atom stereocenters. The van der Waals surface area contributed by atoms with Crippen LogP contribution in [0.25, 0.3) is 11.2 Å². The fraction of sp³-hybridized carbons (Fsp3) is 0.688. The van der Waals surface area contributed by atoms with Crippen molar-refractivity contribution in [3.63, 3.8) is 0 Å². The van der Waals surface area contributed by atoms with Crippen LogP contribution in [0.15, 0.2) is 9.59 Å². The van der Waals surface area contributed by atoms with E-state index in [1.54, 1.807) is 7.05 Å². The van der Waals surface area contributed by atoms with E-state index in [0.717, 1.165) is 56.2 Å². The van der Waals surface area contributed by atoms with Crippen LogP contribution in [0, 0.1) is 0 Å². The molecule has 1 aliphatic heterocycles. The van der Waals surface area contributed by atoms with Crippen LogP contribution in [0.1, 0.15) is 20.3 Å². The standard InChI is InChI=1S/C16H26N6O2/c1-5-20(6-2)10-11-21-8-7-9-22-12-13(17-15(21)22)18(3)16(24)19(4)14(12)23/h5-11H2,1-4H3. The van der Waals surface area contributed by atoms with E-state index in [1.165, 1.54) is 11.6 Å². The molecule has 0 saturated carbocycles. The lowest BCUT2D eigenvalue weighted by atomic mass is 10.3. The van der Waals surface area contributed by atoms with Crippen molar-refractivity contribution in [1.29, 1.82) is 0 Å². The number of likely N-dealkylation sites (N-methyl/N-ethyl adjacent to an activating group) is 1. The fourth-order valence-corrected chi connectivity index (χ4v) is 3.42. The Kier molecular flexibility index (Phi) is 4.49. The summed E-state index contributed by atoms with van der Waals surface area (Å²) >= 11 is 0. The van der Waals surface area contributed by atoms with E-state index in [0.29, 0.717) is 11.2 Å². The SMILES string of the molecule is CCN(CC)CCN1CCCn2c1nc1c2c(=O)n(C)c(=O)n1C. The lowest BCUT2D eigenvalue weighted by molar-refractivity contribution is 0.307. The van der Waals surface area contributed by atoms with Crippen LogP contribution in [0.5, 0.6) is 0 Å². The van der Waals surface area contributed by atoms with Crippen molar-refractivity contribution in [3.8, 4) is 0 Å². The molecule has 132 valence electrons. The Morgan fingerprint density at radius 1 is 1.08 bits per heavy atom. The van der Waals surface area contributed by atoms with Gasteiger partial charge in [0.15, 0.2) is 11.2 Å². The minimum absolute atomic E-state index is 0.266. The van der Waals surface area contributed by atoms with Gasteiger partial charge < -0.3 is 14.4 Å². The Labute approximate surface area is 140 Å². The summed E-state index contributed by atoms with van der Waals surface area (Å²) in [6.45, 7) is 9.90. The van der Waals surface area contributed by atoms with E-state index >= 15 is 0 Å². The molecule has 0 saturated heterocycles. The van der Waals surface area contributed by atoms with E-state index in [9.17, 15) is 9.59 Å². The highest BCUT2D eigenvalue weighted by molar-refractivity contribution is 5.74. The van der Waals surface area contributed by atoms with Crippen LogP contribution >= 0.6 is 0 Å². The highest BCUT2D eigenvalue weighted by Crippen LogP contribution is 2.23. The van der Waals surface area contributed by atoms with Gasteiger partial charge in [-0.25, -0.2) is 4.79 Å². The van der Waals surface area contributed by atoms with Gasteiger partial charge in [-0.3, -0.25) is 13.9 Å². The quantitative estimate of drug-likeness (QED) is 0.769. The summed E-state index contributed by atoms with van der Waals surface area (Å²) in [7, 11) is 3.19. The molecule has 1 aliphatic rings. The van der Waals surface area contributed by atoms with Gasteiger partial charge in [0, 0.05) is 40.3 Å². The highest BCUT2D eigenvalue weighted by Gasteiger charge is 2.25. The molecule has 3 rings (SSSR count). The van der Waals surface area contributed by atoms with Crippen molar-refractivity contribution in [2.24, 2.45) is 14.1 Å². The molecule has 8 nitrogen and oxygen atoms in total. The van der Waals surface area contributed by atoms with E-state index in [4.69, 9.17) is 0 Å². The summed E-state index contributed by atoms with van der Waals surface area (Å²) in [5.74, 6) is 0.807. The molecular weight excluding hydrogens is 308 g/mol. The zero-order valence-corrected chi connectivity index (χ0v) is 14.9. The van der Waals surface area contributed by atoms with Gasteiger partial charge in [0.1, 0.15) is 0 Å². The number of nitrogens with zero attached hydrogens (tertiary/aromatic N) is 6. The molecule has 0 fully saturated rings. The lowest BCUT2D eigenvalue weighted by Gasteiger charge is -2.31. The second-order valence-electron chi connectivity index (χ2n) is 6.31. The summed E-state index contributed by atoms with van der Waals surface area (Å²) in [6, 6.07) is 0. The third kappa shape index (κ3) is 2.54. The first-order valence-corrected chi connectivity index (χ1v) is 8.63. The molecule has 0 aromatic carbocycles. The topological polar surface area (TPSA) is 68.3 Å². The van der Waals surface area contributed by atoms with Gasteiger partial charge in [-0.1, -0.05) is 13.8 Å². The first-order chi connectivity index (χ1) is 11.5. The Balaban J connectivity index is 2.06. The number of fused-ring (bicyclic) bond motifs is 3. The Bertz CT molecular complexity index is 858. The number of anilines is 1. The van der Waals surface area contributed by atoms with Gasteiger partial charge >= 0.3 is 5.69 Å². The fourth-order valence-electron chi connectivity index (χ4n) is 3.42. The smallest absolute Gasteiger partial charge is 0.332 e. The van der Waals surface area contributed by atoms with Crippen LogP contribution in [-0.2, 0) is 20.6 Å². The van der Waals surface area contributed by atoms with Crippen LogP contribution < -0.4 is 16.1 Å². The zero-order chi connectivity index (χ0) is 17.4. The van der Waals surface area contributed by atoms with Crippen LogP contribution in [0.4, 0.5) is 5.95 Å². The molecule has 0 unspecified atom stereocenters. The molecular formula is C16H26N6O2. The Morgan fingerprint density at radius 2 is 1.79 bits per heavy atom. The van der Waals surface area contributed by atoms with Gasteiger partial charge in [0.2, 0.25) is 5.95 Å². The maximum atomic E-state index is 12.6. The van der Waals surface area contributed by atoms with Crippen molar-refractivity contribution in [2.45, 2.75) is 26.8 Å². The zero-order valence-electron chi connectivity index (χ0n) is 14.9. The van der Waals surface area contributed by atoms with Gasteiger partial charge in [0.05, 0.1) is 0 Å². The van der Waals surface area contributed by atoms with E-state index in [1.807, 2.05) is 4.57 Å². The Morgan fingerprint density at radius 3 is 2.46 bits per heavy atom. The molecule has 3 heterocycles. The highest BCUT2D eigenvalue weighted by atomic mass is 16.2. The van der Waals surface area contributed by atoms with E-state index < -0.39 is 0 Å². The van der Waals surface area contributed by atoms with Crippen LogP contribution in [0.3, 0.4) is 0 Å². The van der Waals surface area contributed by atoms with Crippen molar-refractivity contribution in [2.75, 3.05) is 37.6 Å². The second kappa shape index (κ2) is 6.43. The molecule has 0 spiro atoms. The Hall–Kier alpha value is -2.09. The van der Waals surface area contributed by atoms with Crippen LogP contribution in [0.2, 0.25) is 0 Å². The summed E-state index contributed by atoms with van der Waals surface area (Å²) < 4.78 is 4.60.